The third-order valence-corrected chi connectivity index (χ3v) is 4.94. The molecule has 2 bridgehead atoms. The van der Waals surface area contributed by atoms with Gasteiger partial charge >= 0.3 is 5.82 Å². The monoisotopic (exact) mass is 292 g/mol. The molecule has 1 N–H and O–H groups in total. The highest BCUT2D eigenvalue weighted by atomic mass is 16.6. The van der Waals surface area contributed by atoms with Gasteiger partial charge in [0.25, 0.3) is 0 Å². The maximum atomic E-state index is 12.0. The van der Waals surface area contributed by atoms with Crippen LogP contribution in [0.2, 0.25) is 0 Å². The normalized spacial score (nSPS) is 28.5. The van der Waals surface area contributed by atoms with Crippen molar-refractivity contribution in [1.29, 1.82) is 0 Å². The Balaban J connectivity index is 1.52. The molecule has 7 nitrogen and oxygen atoms in total. The Hall–Kier alpha value is -1.92. The summed E-state index contributed by atoms with van der Waals surface area (Å²) in [5, 5.41) is 17.3. The molecule has 2 fully saturated rings. The third-order valence-electron chi connectivity index (χ3n) is 4.94. The molecule has 114 valence electrons. The minimum absolute atomic E-state index is 0.0268. The van der Waals surface area contributed by atoms with E-state index in [1.807, 2.05) is 0 Å². The van der Waals surface area contributed by atoms with Gasteiger partial charge in [-0.25, -0.2) is 0 Å². The largest absolute Gasteiger partial charge is 0.389 e. The topological polar surface area (TPSA) is 90.1 Å². The molecule has 4 unspecified atom stereocenters. The van der Waals surface area contributed by atoms with Crippen molar-refractivity contribution in [2.45, 2.75) is 45.2 Å². The molecule has 0 spiro atoms. The van der Waals surface area contributed by atoms with Gasteiger partial charge in [-0.15, -0.1) is 0 Å². The van der Waals surface area contributed by atoms with E-state index in [-0.39, 0.29) is 24.3 Å². The van der Waals surface area contributed by atoms with Crippen molar-refractivity contribution in [3.8, 4) is 0 Å². The van der Waals surface area contributed by atoms with Gasteiger partial charge < -0.3 is 15.4 Å². The molecule has 2 aliphatic carbocycles. The van der Waals surface area contributed by atoms with E-state index in [1.165, 1.54) is 42.6 Å². The Labute approximate surface area is 122 Å². The lowest BCUT2D eigenvalue weighted by Crippen LogP contribution is -2.41. The van der Waals surface area contributed by atoms with Crippen LogP contribution in [0.25, 0.3) is 0 Å². The summed E-state index contributed by atoms with van der Waals surface area (Å²) >= 11 is 0. The number of carbonyl (C=O) groups is 1. The van der Waals surface area contributed by atoms with Gasteiger partial charge in [-0.1, -0.05) is 6.42 Å². The predicted molar refractivity (Wildman–Crippen MR) is 75.4 cm³/mol. The number of fused-ring (bicyclic) bond motifs is 2. The summed E-state index contributed by atoms with van der Waals surface area (Å²) in [6.45, 7) is 2.09. The number of hydrogen-bond acceptors (Lipinski definition) is 4. The van der Waals surface area contributed by atoms with Crippen LogP contribution in [0.1, 0.15) is 32.6 Å². The molecule has 4 atom stereocenters. The first-order chi connectivity index (χ1) is 10.0. The average Bonchev–Trinajstić information content (AvgIpc) is 3.13. The predicted octanol–water partition coefficient (Wildman–Crippen LogP) is 1.73. The average molecular weight is 292 g/mol. The Bertz CT molecular complexity index is 556. The zero-order chi connectivity index (χ0) is 15.0. The molecule has 3 rings (SSSR count). The zero-order valence-electron chi connectivity index (χ0n) is 12.1. The second-order valence-corrected chi connectivity index (χ2v) is 6.32. The van der Waals surface area contributed by atoms with E-state index in [1.54, 1.807) is 0 Å². The number of rotatable bonds is 5. The van der Waals surface area contributed by atoms with Crippen LogP contribution in [0.4, 0.5) is 5.82 Å². The van der Waals surface area contributed by atoms with Crippen LogP contribution in [0, 0.1) is 27.9 Å². The quantitative estimate of drug-likeness (QED) is 0.661. The summed E-state index contributed by atoms with van der Waals surface area (Å²) in [6, 6.07) is 1.46. The first-order valence-corrected chi connectivity index (χ1v) is 7.50. The molecular formula is C14H20N4O3. The molecule has 0 radical (unpaired) electrons. The van der Waals surface area contributed by atoms with E-state index in [9.17, 15) is 14.9 Å². The lowest BCUT2D eigenvalue weighted by molar-refractivity contribution is -0.389. The molecule has 1 aromatic rings. The molecule has 0 aromatic carbocycles. The van der Waals surface area contributed by atoms with Gasteiger partial charge in [0, 0.05) is 6.04 Å². The highest BCUT2D eigenvalue weighted by Gasteiger charge is 2.42. The van der Waals surface area contributed by atoms with Crippen LogP contribution >= 0.6 is 0 Å². The SMILES string of the molecule is CC(NC(=O)Cn1ccc([N+](=O)[O-])n1)C1CC2CCC1C2. The van der Waals surface area contributed by atoms with E-state index in [0.29, 0.717) is 5.92 Å². The first kappa shape index (κ1) is 14.0. The number of nitrogens with one attached hydrogen (secondary N) is 1. The summed E-state index contributed by atoms with van der Waals surface area (Å²) in [5.41, 5.74) is 0. The summed E-state index contributed by atoms with van der Waals surface area (Å²) in [7, 11) is 0. The minimum atomic E-state index is -0.563. The second-order valence-electron chi connectivity index (χ2n) is 6.32. The Morgan fingerprint density at radius 1 is 1.57 bits per heavy atom. The number of hydrogen-bond donors (Lipinski definition) is 1. The van der Waals surface area contributed by atoms with Gasteiger partial charge in [0.05, 0.1) is 17.4 Å². The van der Waals surface area contributed by atoms with Gasteiger partial charge in [-0.3, -0.25) is 4.79 Å². The molecule has 1 amide bonds. The number of nitro groups is 1. The van der Waals surface area contributed by atoms with Crippen molar-refractivity contribution in [3.05, 3.63) is 22.4 Å². The molecule has 1 aromatic heterocycles. The first-order valence-electron chi connectivity index (χ1n) is 7.50. The van der Waals surface area contributed by atoms with E-state index >= 15 is 0 Å². The van der Waals surface area contributed by atoms with Gasteiger partial charge in [0.1, 0.15) is 6.54 Å². The summed E-state index contributed by atoms with van der Waals surface area (Å²) < 4.78 is 1.31. The van der Waals surface area contributed by atoms with Crippen LogP contribution < -0.4 is 5.32 Å². The smallest absolute Gasteiger partial charge is 0.358 e. The second kappa shape index (κ2) is 5.46. The number of nitrogens with zero attached hydrogens (tertiary/aromatic N) is 3. The maximum absolute atomic E-state index is 12.0. The lowest BCUT2D eigenvalue weighted by atomic mass is 9.84. The van der Waals surface area contributed by atoms with Gasteiger partial charge in [-0.2, -0.15) is 4.68 Å². The van der Waals surface area contributed by atoms with Crippen LogP contribution in [-0.2, 0) is 11.3 Å². The maximum Gasteiger partial charge on any atom is 0.389 e. The van der Waals surface area contributed by atoms with E-state index in [0.717, 1.165) is 11.8 Å². The molecule has 0 aliphatic heterocycles. The van der Waals surface area contributed by atoms with E-state index in [4.69, 9.17) is 0 Å². The standard InChI is InChI=1S/C14H20N4O3/c1-9(12-7-10-2-3-11(12)6-10)15-14(19)8-17-5-4-13(16-17)18(20)21/h4-5,9-12H,2-3,6-8H2,1H3,(H,15,19). The summed E-state index contributed by atoms with van der Waals surface area (Å²) in [4.78, 5) is 22.0. The molecular weight excluding hydrogens is 272 g/mol. The molecule has 21 heavy (non-hydrogen) atoms. The molecule has 1 heterocycles. The molecule has 7 heteroatoms. The number of carbonyl (C=O) groups excluding carboxylic acids is 1. The van der Waals surface area contributed by atoms with E-state index in [2.05, 4.69) is 17.3 Å². The van der Waals surface area contributed by atoms with Crippen molar-refractivity contribution in [3.63, 3.8) is 0 Å². The summed E-state index contributed by atoms with van der Waals surface area (Å²) in [5.74, 6) is 1.83. The number of aromatic nitrogens is 2. The van der Waals surface area contributed by atoms with E-state index < -0.39 is 4.92 Å². The Morgan fingerprint density at radius 3 is 2.95 bits per heavy atom. The van der Waals surface area contributed by atoms with Crippen molar-refractivity contribution in [2.75, 3.05) is 0 Å². The van der Waals surface area contributed by atoms with Crippen LogP contribution in [0.5, 0.6) is 0 Å². The van der Waals surface area contributed by atoms with Crippen molar-refractivity contribution in [2.24, 2.45) is 17.8 Å². The van der Waals surface area contributed by atoms with Gasteiger partial charge in [0.15, 0.2) is 0 Å². The highest BCUT2D eigenvalue weighted by Crippen LogP contribution is 2.49. The summed E-state index contributed by atoms with van der Waals surface area (Å²) in [6.07, 6.45) is 6.63. The fraction of sp³-hybridized carbons (Fsp3) is 0.714. The van der Waals surface area contributed by atoms with Crippen molar-refractivity contribution < 1.29 is 9.72 Å². The van der Waals surface area contributed by atoms with Crippen molar-refractivity contribution in [1.82, 2.24) is 15.1 Å². The van der Waals surface area contributed by atoms with Gasteiger partial charge in [0.2, 0.25) is 5.91 Å². The Morgan fingerprint density at radius 2 is 2.38 bits per heavy atom. The molecule has 2 saturated carbocycles. The third kappa shape index (κ3) is 2.91. The molecule has 2 aliphatic rings. The lowest BCUT2D eigenvalue weighted by Gasteiger charge is -2.28. The fourth-order valence-corrected chi connectivity index (χ4v) is 4.00. The molecule has 0 saturated heterocycles. The Kier molecular flexibility index (Phi) is 3.65. The van der Waals surface area contributed by atoms with Crippen LogP contribution in [0.3, 0.4) is 0 Å². The van der Waals surface area contributed by atoms with Crippen molar-refractivity contribution >= 4 is 11.7 Å². The van der Waals surface area contributed by atoms with Gasteiger partial charge in [-0.05, 0) is 48.9 Å². The van der Waals surface area contributed by atoms with Crippen LogP contribution in [-0.4, -0.2) is 26.7 Å². The van der Waals surface area contributed by atoms with Crippen LogP contribution in [0.15, 0.2) is 12.3 Å². The fourth-order valence-electron chi connectivity index (χ4n) is 4.00. The minimum Gasteiger partial charge on any atom is -0.358 e. The number of amides is 1. The highest BCUT2D eigenvalue weighted by molar-refractivity contribution is 5.76. The zero-order valence-corrected chi connectivity index (χ0v) is 12.1.